The van der Waals surface area contributed by atoms with Crippen LogP contribution in [0.1, 0.15) is 49.9 Å². The van der Waals surface area contributed by atoms with Gasteiger partial charge in [-0.2, -0.15) is 10.2 Å². The van der Waals surface area contributed by atoms with Gasteiger partial charge in [0.15, 0.2) is 5.82 Å². The van der Waals surface area contributed by atoms with Crippen LogP contribution in [0.5, 0.6) is 0 Å². The van der Waals surface area contributed by atoms with Gasteiger partial charge in [0.2, 0.25) is 5.89 Å². The third-order valence-corrected chi connectivity index (χ3v) is 5.35. The molecule has 0 unspecified atom stereocenters. The highest BCUT2D eigenvalue weighted by atomic mass is 16.5. The van der Waals surface area contributed by atoms with Crippen LogP contribution in [-0.2, 0) is 5.41 Å². The van der Waals surface area contributed by atoms with Crippen molar-refractivity contribution >= 4 is 0 Å². The molecule has 1 aliphatic carbocycles. The van der Waals surface area contributed by atoms with Crippen molar-refractivity contribution in [2.24, 2.45) is 0 Å². The lowest BCUT2D eigenvalue weighted by atomic mass is 9.75. The lowest BCUT2D eigenvalue weighted by Crippen LogP contribution is -2.57. The normalized spacial score (nSPS) is 34.5. The molecule has 0 aromatic carbocycles. The van der Waals surface area contributed by atoms with Gasteiger partial charge in [0, 0.05) is 32.7 Å². The number of hydrogen-bond donors (Lipinski definition) is 0. The topological polar surface area (TPSA) is 69.2 Å². The number of rotatable bonds is 2. The molecule has 3 aliphatic heterocycles. The zero-order chi connectivity index (χ0) is 14.3. The average molecular weight is 287 g/mol. The Balaban J connectivity index is 1.59. The number of aromatic nitrogens is 2. The van der Waals surface area contributed by atoms with Crippen LogP contribution < -0.4 is 0 Å². The monoisotopic (exact) mass is 287 g/mol. The molecule has 1 aromatic heterocycles. The molecule has 1 saturated carbocycles. The van der Waals surface area contributed by atoms with Gasteiger partial charge in [-0.15, -0.1) is 0 Å². The summed E-state index contributed by atoms with van der Waals surface area (Å²) in [4.78, 5) is 9.55. The van der Waals surface area contributed by atoms with E-state index in [0.717, 1.165) is 64.2 Å². The van der Waals surface area contributed by atoms with Crippen LogP contribution in [0.2, 0.25) is 0 Å². The molecule has 0 N–H and O–H groups in total. The molecular weight excluding hydrogens is 266 g/mol. The second kappa shape index (κ2) is 5.08. The van der Waals surface area contributed by atoms with Crippen molar-refractivity contribution in [1.82, 2.24) is 19.9 Å². The molecule has 3 saturated heterocycles. The van der Waals surface area contributed by atoms with Gasteiger partial charge >= 0.3 is 0 Å². The predicted octanol–water partition coefficient (Wildman–Crippen LogP) is 1.47. The first-order chi connectivity index (χ1) is 10.3. The summed E-state index contributed by atoms with van der Waals surface area (Å²) in [7, 11) is 0. The molecule has 6 nitrogen and oxygen atoms in total. The molecule has 2 bridgehead atoms. The van der Waals surface area contributed by atoms with Crippen molar-refractivity contribution in [2.75, 3.05) is 32.7 Å². The van der Waals surface area contributed by atoms with Crippen molar-refractivity contribution < 1.29 is 4.52 Å². The molecule has 0 spiro atoms. The van der Waals surface area contributed by atoms with Crippen LogP contribution in [0.15, 0.2) is 4.52 Å². The summed E-state index contributed by atoms with van der Waals surface area (Å²) in [5.74, 6) is 1.33. The van der Waals surface area contributed by atoms with Crippen LogP contribution in [0.4, 0.5) is 0 Å². The highest BCUT2D eigenvalue weighted by molar-refractivity contribution is 5.20. The Morgan fingerprint density at radius 3 is 2.52 bits per heavy atom. The lowest BCUT2D eigenvalue weighted by Gasteiger charge is -2.46. The molecule has 1 aromatic rings. The molecular formula is C15H21N5O. The van der Waals surface area contributed by atoms with Crippen LogP contribution in [0.3, 0.4) is 0 Å². The third kappa shape index (κ3) is 2.16. The van der Waals surface area contributed by atoms with Gasteiger partial charge in [0.1, 0.15) is 5.41 Å². The lowest BCUT2D eigenvalue weighted by molar-refractivity contribution is 0.00781. The van der Waals surface area contributed by atoms with E-state index in [9.17, 15) is 5.26 Å². The third-order valence-electron chi connectivity index (χ3n) is 5.35. The van der Waals surface area contributed by atoms with Crippen LogP contribution >= 0.6 is 0 Å². The summed E-state index contributed by atoms with van der Waals surface area (Å²) in [6.45, 7) is 5.43. The molecule has 1 atom stereocenters. The summed E-state index contributed by atoms with van der Waals surface area (Å²) >= 11 is 0. The van der Waals surface area contributed by atoms with Crippen molar-refractivity contribution in [3.8, 4) is 6.07 Å². The molecule has 4 heterocycles. The highest BCUT2D eigenvalue weighted by Crippen LogP contribution is 2.39. The smallest absolute Gasteiger partial charge is 0.247 e. The average Bonchev–Trinajstić information content (AvgIpc) is 3.07. The first-order valence-electron chi connectivity index (χ1n) is 8.02. The first-order valence-corrected chi connectivity index (χ1v) is 8.02. The minimum atomic E-state index is -0.535. The van der Waals surface area contributed by atoms with Gasteiger partial charge < -0.3 is 4.52 Å². The predicted molar refractivity (Wildman–Crippen MR) is 75.4 cm³/mol. The SMILES string of the molecule is N#CC1(c2nc([C@H]3CN4CCN3CC4)no2)CCCCC1. The van der Waals surface area contributed by atoms with E-state index in [-0.39, 0.29) is 6.04 Å². The van der Waals surface area contributed by atoms with E-state index in [0.29, 0.717) is 5.89 Å². The number of hydrogen-bond acceptors (Lipinski definition) is 6. The van der Waals surface area contributed by atoms with Crippen LogP contribution in [0, 0.1) is 11.3 Å². The zero-order valence-corrected chi connectivity index (χ0v) is 12.3. The molecule has 0 amide bonds. The number of nitriles is 1. The van der Waals surface area contributed by atoms with Gasteiger partial charge in [-0.05, 0) is 12.8 Å². The summed E-state index contributed by atoms with van der Waals surface area (Å²) < 4.78 is 5.53. The van der Waals surface area contributed by atoms with Gasteiger partial charge in [0.25, 0.3) is 0 Å². The highest BCUT2D eigenvalue weighted by Gasteiger charge is 2.42. The maximum absolute atomic E-state index is 9.62. The fourth-order valence-electron chi connectivity index (χ4n) is 3.96. The van der Waals surface area contributed by atoms with E-state index >= 15 is 0 Å². The summed E-state index contributed by atoms with van der Waals surface area (Å²) in [6, 6.07) is 2.70. The van der Waals surface area contributed by atoms with Crippen molar-refractivity contribution in [3.63, 3.8) is 0 Å². The maximum atomic E-state index is 9.62. The van der Waals surface area contributed by atoms with E-state index in [1.165, 1.54) is 6.42 Å². The Morgan fingerprint density at radius 1 is 1.14 bits per heavy atom. The summed E-state index contributed by atoms with van der Waals surface area (Å²) in [5, 5.41) is 13.8. The van der Waals surface area contributed by atoms with Gasteiger partial charge in [-0.3, -0.25) is 9.80 Å². The van der Waals surface area contributed by atoms with Crippen LogP contribution in [-0.4, -0.2) is 52.7 Å². The summed E-state index contributed by atoms with van der Waals surface area (Å²) in [6.07, 6.45) is 5.07. The van der Waals surface area contributed by atoms with E-state index in [1.54, 1.807) is 0 Å². The first kappa shape index (κ1) is 13.2. The van der Waals surface area contributed by atoms with Crippen molar-refractivity contribution in [3.05, 3.63) is 11.7 Å². The van der Waals surface area contributed by atoms with Gasteiger partial charge in [0.05, 0.1) is 12.1 Å². The minimum absolute atomic E-state index is 0.240. The van der Waals surface area contributed by atoms with Gasteiger partial charge in [-0.25, -0.2) is 0 Å². The Morgan fingerprint density at radius 2 is 1.90 bits per heavy atom. The van der Waals surface area contributed by atoms with E-state index in [1.807, 2.05) is 0 Å². The molecule has 21 heavy (non-hydrogen) atoms. The Labute approximate surface area is 124 Å². The Kier molecular flexibility index (Phi) is 3.20. The molecule has 0 radical (unpaired) electrons. The fourth-order valence-corrected chi connectivity index (χ4v) is 3.96. The largest absolute Gasteiger partial charge is 0.338 e. The number of nitrogens with zero attached hydrogens (tertiary/aromatic N) is 5. The van der Waals surface area contributed by atoms with E-state index in [2.05, 4.69) is 26.0 Å². The summed E-state index contributed by atoms with van der Waals surface area (Å²) in [5.41, 5.74) is -0.535. The van der Waals surface area contributed by atoms with E-state index < -0.39 is 5.41 Å². The standard InChI is InChI=1S/C15H21N5O/c16-11-15(4-2-1-3-5-15)14-17-13(18-21-14)12-10-19-6-8-20(12)9-7-19/h12H,1-10H2/t12-/m1/s1. The van der Waals surface area contributed by atoms with E-state index in [4.69, 9.17) is 4.52 Å². The Hall–Kier alpha value is -1.45. The minimum Gasteiger partial charge on any atom is -0.338 e. The molecule has 6 heteroatoms. The second-order valence-electron chi connectivity index (χ2n) is 6.56. The molecule has 4 fully saturated rings. The fraction of sp³-hybridized carbons (Fsp3) is 0.800. The number of fused-ring (bicyclic) bond motifs is 3. The second-order valence-corrected chi connectivity index (χ2v) is 6.56. The number of piperazine rings is 3. The Bertz CT molecular complexity index is 549. The maximum Gasteiger partial charge on any atom is 0.247 e. The van der Waals surface area contributed by atoms with Gasteiger partial charge in [-0.1, -0.05) is 24.4 Å². The molecule has 4 aliphatic rings. The van der Waals surface area contributed by atoms with Crippen molar-refractivity contribution in [2.45, 2.75) is 43.6 Å². The molecule has 112 valence electrons. The quantitative estimate of drug-likeness (QED) is 0.820. The van der Waals surface area contributed by atoms with Crippen LogP contribution in [0.25, 0.3) is 0 Å². The van der Waals surface area contributed by atoms with Crippen molar-refractivity contribution in [1.29, 1.82) is 5.26 Å². The zero-order valence-electron chi connectivity index (χ0n) is 12.3. The molecule has 5 rings (SSSR count).